The lowest BCUT2D eigenvalue weighted by Gasteiger charge is -2.12. The molecule has 2 N–H and O–H groups in total. The molecule has 35 heavy (non-hydrogen) atoms. The number of aromatic nitrogens is 3. The van der Waals surface area contributed by atoms with Crippen molar-refractivity contribution in [1.82, 2.24) is 14.5 Å². The first-order valence-corrected chi connectivity index (χ1v) is 10.8. The number of methoxy groups -OCH3 is 1. The molecule has 13 heteroatoms. The van der Waals surface area contributed by atoms with Crippen LogP contribution in [0.3, 0.4) is 0 Å². The Hall–Kier alpha value is -3.74. The summed E-state index contributed by atoms with van der Waals surface area (Å²) in [6.07, 6.45) is -3.70. The number of thiophene rings is 1. The van der Waals surface area contributed by atoms with Crippen LogP contribution >= 0.6 is 11.3 Å². The quantitative estimate of drug-likeness (QED) is 0.314. The minimum absolute atomic E-state index is 0.0112. The molecule has 0 spiro atoms. The number of nitrogens with one attached hydrogen (secondary N) is 1. The number of anilines is 1. The average Bonchev–Trinajstić information content (AvgIpc) is 3.39. The molecular weight excluding hydrogens is 495 g/mol. The van der Waals surface area contributed by atoms with Gasteiger partial charge in [-0.05, 0) is 19.1 Å². The molecule has 0 aliphatic rings. The zero-order chi connectivity index (χ0) is 25.5. The van der Waals surface area contributed by atoms with E-state index in [-0.39, 0.29) is 40.7 Å². The third-order valence-electron chi connectivity index (χ3n) is 5.26. The van der Waals surface area contributed by atoms with Crippen molar-refractivity contribution in [3.8, 4) is 16.3 Å². The molecule has 0 atom stereocenters. The number of aromatic carboxylic acids is 1. The summed E-state index contributed by atoms with van der Waals surface area (Å²) in [4.78, 5) is 18.4. The predicted octanol–water partition coefficient (Wildman–Crippen LogP) is 5.58. The molecule has 3 aromatic heterocycles. The van der Waals surface area contributed by atoms with Crippen LogP contribution in [0.1, 0.15) is 20.9 Å². The summed E-state index contributed by atoms with van der Waals surface area (Å²) >= 11 is 0.457. The van der Waals surface area contributed by atoms with Gasteiger partial charge in [-0.1, -0.05) is 0 Å². The number of fused-ring (bicyclic) bond motifs is 1. The van der Waals surface area contributed by atoms with Crippen molar-refractivity contribution in [3.05, 3.63) is 58.4 Å². The number of halogens is 5. The van der Waals surface area contributed by atoms with E-state index in [1.807, 2.05) is 0 Å². The molecule has 0 radical (unpaired) electrons. The number of hydrogen-bond donors (Lipinski definition) is 2. The first-order chi connectivity index (χ1) is 16.5. The lowest BCUT2D eigenvalue weighted by atomic mass is 10.2. The summed E-state index contributed by atoms with van der Waals surface area (Å²) in [7, 11) is 1.36. The Morgan fingerprint density at radius 3 is 2.57 bits per heavy atom. The van der Waals surface area contributed by atoms with Gasteiger partial charge in [0, 0.05) is 36.3 Å². The molecule has 184 valence electrons. The zero-order valence-electron chi connectivity index (χ0n) is 18.2. The number of carboxylic acid groups (broad SMARTS) is 1. The van der Waals surface area contributed by atoms with Gasteiger partial charge in [0.2, 0.25) is 0 Å². The van der Waals surface area contributed by atoms with E-state index in [2.05, 4.69) is 15.3 Å². The van der Waals surface area contributed by atoms with E-state index >= 15 is 0 Å². The molecule has 4 rings (SSSR count). The highest BCUT2D eigenvalue weighted by atomic mass is 32.1. The van der Waals surface area contributed by atoms with E-state index in [1.54, 1.807) is 17.6 Å². The van der Waals surface area contributed by atoms with Crippen molar-refractivity contribution < 1.29 is 36.6 Å². The Kier molecular flexibility index (Phi) is 6.36. The van der Waals surface area contributed by atoms with Crippen molar-refractivity contribution >= 4 is 34.0 Å². The summed E-state index contributed by atoms with van der Waals surface area (Å²) in [6, 6.07) is 4.77. The minimum Gasteiger partial charge on any atom is -0.496 e. The smallest absolute Gasteiger partial charge is 0.418 e. The fraction of sp³-hybridized carbons (Fsp3) is 0.227. The van der Waals surface area contributed by atoms with Crippen LogP contribution in [0.15, 0.2) is 30.6 Å². The molecule has 0 aliphatic heterocycles. The summed E-state index contributed by atoms with van der Waals surface area (Å²) in [5.41, 5.74) is -0.444. The van der Waals surface area contributed by atoms with E-state index in [1.165, 1.54) is 13.2 Å². The summed E-state index contributed by atoms with van der Waals surface area (Å²) in [5.74, 6) is -3.28. The van der Waals surface area contributed by atoms with Crippen LogP contribution in [0.4, 0.5) is 27.8 Å². The van der Waals surface area contributed by atoms with Crippen molar-refractivity contribution in [1.29, 1.82) is 0 Å². The molecular formula is C22H17F5N4O3S. The van der Waals surface area contributed by atoms with Gasteiger partial charge in [-0.25, -0.2) is 23.5 Å². The van der Waals surface area contributed by atoms with Gasteiger partial charge in [-0.3, -0.25) is 0 Å². The number of carboxylic acids is 1. The third kappa shape index (κ3) is 4.63. The van der Waals surface area contributed by atoms with Gasteiger partial charge in [0.1, 0.15) is 22.8 Å². The fourth-order valence-corrected chi connectivity index (χ4v) is 4.68. The molecule has 0 saturated heterocycles. The number of ether oxygens (including phenoxy) is 1. The van der Waals surface area contributed by atoms with Gasteiger partial charge < -0.3 is 19.7 Å². The minimum atomic E-state index is -4.83. The van der Waals surface area contributed by atoms with E-state index in [0.717, 1.165) is 18.5 Å². The highest BCUT2D eigenvalue weighted by Crippen LogP contribution is 2.40. The second-order valence-corrected chi connectivity index (χ2v) is 8.50. The van der Waals surface area contributed by atoms with E-state index < -0.39 is 34.2 Å². The van der Waals surface area contributed by atoms with Crippen molar-refractivity contribution in [2.24, 2.45) is 0 Å². The molecule has 7 nitrogen and oxygen atoms in total. The van der Waals surface area contributed by atoms with Crippen LogP contribution < -0.4 is 10.1 Å². The number of rotatable bonds is 7. The van der Waals surface area contributed by atoms with Gasteiger partial charge in [-0.2, -0.15) is 13.2 Å². The maximum absolute atomic E-state index is 14.5. The number of carbonyl (C=O) groups is 1. The first kappa shape index (κ1) is 24.4. The van der Waals surface area contributed by atoms with Crippen LogP contribution in [-0.2, 0) is 12.7 Å². The molecule has 1 aromatic carbocycles. The number of aryl methyl sites for hydroxylation is 1. The highest BCUT2D eigenvalue weighted by molar-refractivity contribution is 7.17. The molecule has 4 aromatic rings. The lowest BCUT2D eigenvalue weighted by molar-refractivity contribution is -0.137. The standard InChI is InChI=1S/C22H17F5N4O3S/c1-10-5-11-15(34-2)7-13(23)18(24)19(11)31(10)4-3-28-17-8-14(29-9-30-17)16-6-12(22(25,26)27)20(35-16)21(32)33/h5-9H,3-4H2,1-2H3,(H,32,33)(H,28,29,30). The molecule has 0 bridgehead atoms. The van der Waals surface area contributed by atoms with E-state index in [0.29, 0.717) is 22.4 Å². The topological polar surface area (TPSA) is 89.3 Å². The van der Waals surface area contributed by atoms with Crippen molar-refractivity contribution in [2.75, 3.05) is 19.0 Å². The van der Waals surface area contributed by atoms with Crippen LogP contribution in [0.5, 0.6) is 5.75 Å². The number of nitrogens with zero attached hydrogens (tertiary/aromatic N) is 3. The Bertz CT molecular complexity index is 1430. The summed E-state index contributed by atoms with van der Waals surface area (Å²) in [5, 5.41) is 12.5. The second kappa shape index (κ2) is 9.13. The Morgan fingerprint density at radius 2 is 1.94 bits per heavy atom. The molecule has 0 saturated carbocycles. The van der Waals surface area contributed by atoms with Gasteiger partial charge in [-0.15, -0.1) is 11.3 Å². The molecule has 3 heterocycles. The van der Waals surface area contributed by atoms with Gasteiger partial charge in [0.15, 0.2) is 11.6 Å². The Balaban J connectivity index is 1.57. The van der Waals surface area contributed by atoms with Crippen LogP contribution in [-0.4, -0.2) is 39.3 Å². The first-order valence-electron chi connectivity index (χ1n) is 10.0. The Labute approximate surface area is 198 Å². The maximum atomic E-state index is 14.5. The zero-order valence-corrected chi connectivity index (χ0v) is 19.0. The van der Waals surface area contributed by atoms with Gasteiger partial charge >= 0.3 is 12.1 Å². The summed E-state index contributed by atoms with van der Waals surface area (Å²) in [6.45, 7) is 2.14. The normalized spacial score (nSPS) is 11.7. The SMILES string of the molecule is COc1cc(F)c(F)c2c1cc(C)n2CCNc1cc(-c2cc(C(F)(F)F)c(C(=O)O)s2)ncn1. The Morgan fingerprint density at radius 1 is 1.20 bits per heavy atom. The van der Waals surface area contributed by atoms with E-state index in [9.17, 15) is 26.7 Å². The molecule has 0 amide bonds. The monoisotopic (exact) mass is 512 g/mol. The highest BCUT2D eigenvalue weighted by Gasteiger charge is 2.37. The van der Waals surface area contributed by atoms with Crippen LogP contribution in [0.25, 0.3) is 21.5 Å². The molecule has 0 fully saturated rings. The third-order valence-corrected chi connectivity index (χ3v) is 6.40. The number of alkyl halides is 3. The average molecular weight is 512 g/mol. The van der Waals surface area contributed by atoms with Gasteiger partial charge in [0.05, 0.1) is 28.8 Å². The van der Waals surface area contributed by atoms with Crippen LogP contribution in [0.2, 0.25) is 0 Å². The maximum Gasteiger partial charge on any atom is 0.418 e. The fourth-order valence-electron chi connectivity index (χ4n) is 3.70. The van der Waals surface area contributed by atoms with Crippen molar-refractivity contribution in [3.63, 3.8) is 0 Å². The van der Waals surface area contributed by atoms with E-state index in [4.69, 9.17) is 9.84 Å². The molecule has 0 unspecified atom stereocenters. The van der Waals surface area contributed by atoms with Gasteiger partial charge in [0.25, 0.3) is 0 Å². The van der Waals surface area contributed by atoms with Crippen molar-refractivity contribution in [2.45, 2.75) is 19.6 Å². The largest absolute Gasteiger partial charge is 0.496 e. The number of hydrogen-bond acceptors (Lipinski definition) is 6. The lowest BCUT2D eigenvalue weighted by Crippen LogP contribution is -2.13. The van der Waals surface area contributed by atoms with Crippen LogP contribution in [0, 0.1) is 18.6 Å². The summed E-state index contributed by atoms with van der Waals surface area (Å²) < 4.78 is 74.9. The predicted molar refractivity (Wildman–Crippen MR) is 119 cm³/mol. The second-order valence-electron chi connectivity index (χ2n) is 7.45. The number of benzene rings is 1. The molecule has 0 aliphatic carbocycles.